The first-order valence-electron chi connectivity index (χ1n) is 10.2. The third-order valence-corrected chi connectivity index (χ3v) is 5.95. The zero-order valence-corrected chi connectivity index (χ0v) is 17.1. The van der Waals surface area contributed by atoms with E-state index in [1.54, 1.807) is 26.0 Å². The Hall–Kier alpha value is -2.61. The van der Waals surface area contributed by atoms with E-state index in [0.29, 0.717) is 29.8 Å². The van der Waals surface area contributed by atoms with Crippen LogP contribution in [0.4, 0.5) is 23.2 Å². The van der Waals surface area contributed by atoms with E-state index in [1.165, 1.54) is 17.0 Å². The second-order valence-corrected chi connectivity index (χ2v) is 8.39. The van der Waals surface area contributed by atoms with Crippen LogP contribution in [0.15, 0.2) is 42.5 Å². The summed E-state index contributed by atoms with van der Waals surface area (Å²) in [5, 5.41) is 10.0. The number of para-hydroxylation sites is 1. The lowest BCUT2D eigenvalue weighted by molar-refractivity contribution is -0.302. The molecule has 0 spiro atoms. The summed E-state index contributed by atoms with van der Waals surface area (Å²) in [5.41, 5.74) is -3.39. The molecule has 0 radical (unpaired) electrons. The van der Waals surface area contributed by atoms with Crippen LogP contribution in [-0.2, 0) is 16.8 Å². The molecule has 8 heteroatoms. The molecule has 4 rings (SSSR count). The minimum absolute atomic E-state index is 0.193. The third-order valence-electron chi connectivity index (χ3n) is 5.95. The van der Waals surface area contributed by atoms with Gasteiger partial charge in [0.15, 0.2) is 6.17 Å². The van der Waals surface area contributed by atoms with Crippen molar-refractivity contribution in [3.05, 3.63) is 59.2 Å². The maximum absolute atomic E-state index is 14.5. The highest BCUT2D eigenvalue weighted by atomic mass is 19.4. The fraction of sp³-hybridized carbons (Fsp3) is 0.435. The Kier molecular flexibility index (Phi) is 5.24. The van der Waals surface area contributed by atoms with Gasteiger partial charge in [-0.25, -0.2) is 4.39 Å². The van der Waals surface area contributed by atoms with Crippen LogP contribution in [0.1, 0.15) is 43.1 Å². The summed E-state index contributed by atoms with van der Waals surface area (Å²) in [6, 6.07) is 11.5. The van der Waals surface area contributed by atoms with Gasteiger partial charge in [0.2, 0.25) is 11.5 Å². The largest absolute Gasteiger partial charge is 0.489 e. The van der Waals surface area contributed by atoms with Gasteiger partial charge < -0.3 is 14.7 Å². The number of aryl methyl sites for hydroxylation is 1. The SMILES string of the molecule is CC(C)C(=O)N1C[C@@H](Oc2ccccc2)CCc2cc3c(cc21)C(F)C3(O)C(F)(F)F. The van der Waals surface area contributed by atoms with Crippen LogP contribution in [-0.4, -0.2) is 29.8 Å². The van der Waals surface area contributed by atoms with Crippen molar-refractivity contribution in [3.63, 3.8) is 0 Å². The normalized spacial score (nSPS) is 25.4. The Morgan fingerprint density at radius 1 is 1.23 bits per heavy atom. The highest BCUT2D eigenvalue weighted by molar-refractivity contribution is 5.96. The number of amides is 1. The van der Waals surface area contributed by atoms with Gasteiger partial charge in [-0.2, -0.15) is 13.2 Å². The number of alkyl halides is 4. The number of carbonyl (C=O) groups excluding carboxylic acids is 1. The van der Waals surface area contributed by atoms with E-state index in [2.05, 4.69) is 0 Å². The number of hydrogen-bond donors (Lipinski definition) is 1. The number of halogens is 4. The molecule has 0 fully saturated rings. The average molecular weight is 437 g/mol. The lowest BCUT2D eigenvalue weighted by atomic mass is 9.70. The molecule has 0 saturated heterocycles. The van der Waals surface area contributed by atoms with E-state index in [-0.39, 0.29) is 23.9 Å². The monoisotopic (exact) mass is 437 g/mol. The van der Waals surface area contributed by atoms with Crippen LogP contribution in [0.3, 0.4) is 0 Å². The van der Waals surface area contributed by atoms with Gasteiger partial charge in [-0.15, -0.1) is 0 Å². The van der Waals surface area contributed by atoms with E-state index in [1.807, 2.05) is 18.2 Å². The predicted octanol–water partition coefficient (Wildman–Crippen LogP) is 4.84. The summed E-state index contributed by atoms with van der Waals surface area (Å²) in [7, 11) is 0. The number of anilines is 1. The molecule has 2 aromatic rings. The van der Waals surface area contributed by atoms with Crippen molar-refractivity contribution in [2.24, 2.45) is 5.92 Å². The van der Waals surface area contributed by atoms with Gasteiger partial charge in [0.1, 0.15) is 11.9 Å². The van der Waals surface area contributed by atoms with Gasteiger partial charge >= 0.3 is 6.18 Å². The highest BCUT2D eigenvalue weighted by Crippen LogP contribution is 2.60. The molecule has 3 atom stereocenters. The van der Waals surface area contributed by atoms with Crippen LogP contribution in [0.2, 0.25) is 0 Å². The van der Waals surface area contributed by atoms with E-state index in [4.69, 9.17) is 4.74 Å². The summed E-state index contributed by atoms with van der Waals surface area (Å²) in [6.45, 7) is 3.64. The van der Waals surface area contributed by atoms with E-state index < -0.39 is 29.6 Å². The summed E-state index contributed by atoms with van der Waals surface area (Å²) in [6.07, 6.45) is -7.35. The summed E-state index contributed by atoms with van der Waals surface area (Å²) < 4.78 is 60.6. The Labute approximate surface area is 177 Å². The van der Waals surface area contributed by atoms with Gasteiger partial charge in [0.05, 0.1) is 6.54 Å². The molecular formula is C23H23F4NO3. The number of fused-ring (bicyclic) bond motifs is 2. The summed E-state index contributed by atoms with van der Waals surface area (Å²) in [4.78, 5) is 14.4. The first-order valence-corrected chi connectivity index (χ1v) is 10.2. The second kappa shape index (κ2) is 7.51. The number of aliphatic hydroxyl groups is 1. The molecule has 2 aliphatic rings. The van der Waals surface area contributed by atoms with E-state index in [9.17, 15) is 27.5 Å². The molecule has 0 saturated carbocycles. The second-order valence-electron chi connectivity index (χ2n) is 8.39. The summed E-state index contributed by atoms with van der Waals surface area (Å²) >= 11 is 0. The molecule has 166 valence electrons. The lowest BCUT2D eigenvalue weighted by Crippen LogP contribution is -2.53. The Bertz CT molecular complexity index is 992. The van der Waals surface area contributed by atoms with Crippen LogP contribution >= 0.6 is 0 Å². The van der Waals surface area contributed by atoms with Crippen molar-refractivity contribution in [2.75, 3.05) is 11.4 Å². The van der Waals surface area contributed by atoms with Crippen molar-refractivity contribution in [3.8, 4) is 5.75 Å². The van der Waals surface area contributed by atoms with E-state index in [0.717, 1.165) is 0 Å². The maximum Gasteiger partial charge on any atom is 0.424 e. The van der Waals surface area contributed by atoms with Gasteiger partial charge in [0.25, 0.3) is 0 Å². The van der Waals surface area contributed by atoms with Gasteiger partial charge in [-0.05, 0) is 48.2 Å². The van der Waals surface area contributed by atoms with Crippen molar-refractivity contribution in [1.29, 1.82) is 0 Å². The molecule has 0 aromatic heterocycles. The standard InChI is InChI=1S/C23H23F4NO3/c1-13(2)21(29)28-12-16(31-15-6-4-3-5-7-15)9-8-14-10-18-17(11-19(14)28)20(24)22(18,30)23(25,26)27/h3-7,10-11,13,16,20,30H,8-9,12H2,1-2H3/t16-,20?,22?/m0/s1. The topological polar surface area (TPSA) is 49.8 Å². The zero-order valence-electron chi connectivity index (χ0n) is 17.1. The van der Waals surface area contributed by atoms with Gasteiger partial charge in [-0.3, -0.25) is 4.79 Å². The Morgan fingerprint density at radius 3 is 2.52 bits per heavy atom. The molecule has 2 aromatic carbocycles. The zero-order chi connectivity index (χ0) is 22.6. The predicted molar refractivity (Wildman–Crippen MR) is 107 cm³/mol. The van der Waals surface area contributed by atoms with E-state index >= 15 is 0 Å². The molecule has 1 amide bonds. The number of nitrogens with zero attached hydrogens (tertiary/aromatic N) is 1. The molecule has 0 bridgehead atoms. The molecule has 1 N–H and O–H groups in total. The Balaban J connectivity index is 1.73. The van der Waals surface area contributed by atoms with Crippen LogP contribution in [0, 0.1) is 5.92 Å². The maximum atomic E-state index is 14.5. The van der Waals surface area contributed by atoms with Crippen LogP contribution in [0.5, 0.6) is 5.75 Å². The fourth-order valence-corrected chi connectivity index (χ4v) is 4.24. The number of carbonyl (C=O) groups is 1. The Morgan fingerprint density at radius 2 is 1.90 bits per heavy atom. The first kappa shape index (κ1) is 21.6. The molecule has 1 aliphatic heterocycles. The minimum Gasteiger partial charge on any atom is -0.489 e. The van der Waals surface area contributed by atoms with Gasteiger partial charge in [-0.1, -0.05) is 32.0 Å². The molecule has 2 unspecified atom stereocenters. The number of ether oxygens (including phenoxy) is 1. The molecule has 31 heavy (non-hydrogen) atoms. The lowest BCUT2D eigenvalue weighted by Gasteiger charge is -2.44. The smallest absolute Gasteiger partial charge is 0.424 e. The summed E-state index contributed by atoms with van der Waals surface area (Å²) in [5.74, 6) is 0.0182. The van der Waals surface area contributed by atoms with Crippen molar-refractivity contribution >= 4 is 11.6 Å². The van der Waals surface area contributed by atoms with Crippen molar-refractivity contribution in [2.45, 2.75) is 50.7 Å². The van der Waals surface area contributed by atoms with Crippen molar-refractivity contribution in [1.82, 2.24) is 0 Å². The molecule has 1 heterocycles. The van der Waals surface area contributed by atoms with Crippen LogP contribution in [0.25, 0.3) is 0 Å². The first-order chi connectivity index (χ1) is 14.5. The fourth-order valence-electron chi connectivity index (χ4n) is 4.24. The van der Waals surface area contributed by atoms with Gasteiger partial charge in [0, 0.05) is 17.2 Å². The van der Waals surface area contributed by atoms with Crippen LogP contribution < -0.4 is 9.64 Å². The number of hydrogen-bond acceptors (Lipinski definition) is 3. The number of benzene rings is 2. The average Bonchev–Trinajstić information content (AvgIpc) is 2.90. The molecule has 1 aliphatic carbocycles. The molecule has 4 nitrogen and oxygen atoms in total. The quantitative estimate of drug-likeness (QED) is 0.699. The minimum atomic E-state index is -5.13. The third kappa shape index (κ3) is 3.46. The highest BCUT2D eigenvalue weighted by Gasteiger charge is 2.68. The molecular weight excluding hydrogens is 414 g/mol. The van der Waals surface area contributed by atoms with Crippen molar-refractivity contribution < 1.29 is 32.2 Å². The number of rotatable bonds is 3.